The number of ether oxygens (including phenoxy) is 1. The third-order valence-corrected chi connectivity index (χ3v) is 9.82. The smallest absolute Gasteiger partial charge is 0.191 e. The van der Waals surface area contributed by atoms with Gasteiger partial charge in [0, 0.05) is 36.9 Å². The molecule has 0 aliphatic heterocycles. The molecule has 0 aliphatic carbocycles. The van der Waals surface area contributed by atoms with Gasteiger partial charge in [-0.05, 0) is 31.0 Å². The van der Waals surface area contributed by atoms with E-state index < -0.39 is 8.32 Å². The molecule has 0 N–H and O–H groups in total. The van der Waals surface area contributed by atoms with E-state index in [2.05, 4.69) is 77.2 Å². The fourth-order valence-electron chi connectivity index (χ4n) is 2.37. The summed E-state index contributed by atoms with van der Waals surface area (Å²) in [4.78, 5) is 0. The van der Waals surface area contributed by atoms with Crippen LogP contribution < -0.4 is 0 Å². The second kappa shape index (κ2) is 14.4. The fourth-order valence-corrected chi connectivity index (χ4v) is 3.46. The minimum absolute atomic E-state index is 0. The molecule has 2 aromatic rings. The Labute approximate surface area is 185 Å². The van der Waals surface area contributed by atoms with Gasteiger partial charge < -0.3 is 39.0 Å². The third kappa shape index (κ3) is 12.0. The Bertz CT molecular complexity index is 568. The Morgan fingerprint density at radius 2 is 1.43 bits per heavy atom. The van der Waals surface area contributed by atoms with Crippen molar-refractivity contribution in [3.63, 3.8) is 0 Å². The van der Waals surface area contributed by atoms with Gasteiger partial charge in [0.2, 0.25) is 0 Å². The third-order valence-electron chi connectivity index (χ3n) is 5.28. The Balaban J connectivity index is 0.000000884. The summed E-state index contributed by atoms with van der Waals surface area (Å²) in [6.45, 7) is 16.2. The van der Waals surface area contributed by atoms with E-state index in [1.165, 1.54) is 30.4 Å². The van der Waals surface area contributed by atoms with Gasteiger partial charge in [0.15, 0.2) is 8.32 Å². The van der Waals surface area contributed by atoms with Crippen molar-refractivity contribution in [1.29, 1.82) is 0 Å². The number of rotatable bonds is 10. The summed E-state index contributed by atoms with van der Waals surface area (Å²) in [7, 11) is -1.54. The molecule has 0 saturated carbocycles. The van der Waals surface area contributed by atoms with Gasteiger partial charge in [-0.15, -0.1) is 5.56 Å². The van der Waals surface area contributed by atoms with Crippen molar-refractivity contribution in [3.05, 3.63) is 59.7 Å². The molecule has 0 bridgehead atoms. The zero-order valence-corrected chi connectivity index (χ0v) is 20.8. The van der Waals surface area contributed by atoms with Gasteiger partial charge in [-0.1, -0.05) is 33.6 Å². The van der Waals surface area contributed by atoms with Crippen LogP contribution in [0.4, 0.5) is 0 Å². The molecule has 0 fully saturated rings. The SMILES string of the molecule is CC(C)(C)[Si](C)(C)OCCCCCCOC[c-]1cccc1.C[c-]1[cH-][cH-][cH-][cH-]1.[Fe]. The fraction of sp³-hybridized carbons (Fsp3) is 0.583. The normalized spacial score (nSPS) is 11.5. The van der Waals surface area contributed by atoms with E-state index in [-0.39, 0.29) is 17.1 Å². The maximum absolute atomic E-state index is 6.18. The minimum atomic E-state index is -1.54. The van der Waals surface area contributed by atoms with Crippen LogP contribution >= 0.6 is 0 Å². The van der Waals surface area contributed by atoms with Crippen LogP contribution in [-0.2, 0) is 32.8 Å². The molecule has 166 valence electrons. The van der Waals surface area contributed by atoms with Crippen LogP contribution in [0.3, 0.4) is 0 Å². The second-order valence-corrected chi connectivity index (χ2v) is 13.6. The van der Waals surface area contributed by atoms with Crippen molar-refractivity contribution in [2.45, 2.75) is 78.1 Å². The molecular formula is C24H40FeO2Si-6. The first-order valence-electron chi connectivity index (χ1n) is 10.3. The Kier molecular flexibility index (Phi) is 14.0. The van der Waals surface area contributed by atoms with Gasteiger partial charge in [0.1, 0.15) is 0 Å². The molecule has 0 spiro atoms. The Morgan fingerprint density at radius 1 is 0.893 bits per heavy atom. The van der Waals surface area contributed by atoms with Gasteiger partial charge >= 0.3 is 0 Å². The van der Waals surface area contributed by atoms with Crippen LogP contribution in [0.15, 0.2) is 48.5 Å². The first kappa shape index (κ1) is 27.4. The molecule has 0 heterocycles. The summed E-state index contributed by atoms with van der Waals surface area (Å²) in [5, 5.41) is 0.321. The van der Waals surface area contributed by atoms with Crippen LogP contribution in [0.25, 0.3) is 0 Å². The standard InChI is InChI=1S/C18H33O2Si.C6H7.Fe/c1-18(2,3)21(4,5)20-15-11-7-6-10-14-19-16-17-12-8-9-13-17;1-6-4-2-3-5-6;/h8-9,12-13H,6-7,10-11,14-16H2,1-5H3;2-5H,1H3;/q-1;-5;. The van der Waals surface area contributed by atoms with Crippen LogP contribution in [-0.4, -0.2) is 21.5 Å². The van der Waals surface area contributed by atoms with Crippen molar-refractivity contribution in [2.24, 2.45) is 0 Å². The quantitative estimate of drug-likeness (QED) is 0.219. The summed E-state index contributed by atoms with van der Waals surface area (Å²) in [6.07, 6.45) is 4.81. The predicted molar refractivity (Wildman–Crippen MR) is 120 cm³/mol. The molecule has 2 rings (SSSR count). The average Bonchev–Trinajstić information content (AvgIpc) is 3.26. The molecule has 0 unspecified atom stereocenters. The van der Waals surface area contributed by atoms with Gasteiger partial charge in [0.25, 0.3) is 0 Å². The van der Waals surface area contributed by atoms with Crippen LogP contribution in [0.5, 0.6) is 0 Å². The molecule has 0 saturated heterocycles. The Morgan fingerprint density at radius 3 is 1.89 bits per heavy atom. The van der Waals surface area contributed by atoms with E-state index >= 15 is 0 Å². The molecule has 2 nitrogen and oxygen atoms in total. The van der Waals surface area contributed by atoms with Crippen molar-refractivity contribution in [2.75, 3.05) is 13.2 Å². The van der Waals surface area contributed by atoms with Gasteiger partial charge in [-0.2, -0.15) is 12.1 Å². The van der Waals surface area contributed by atoms with Gasteiger partial charge in [-0.25, -0.2) is 19.1 Å². The predicted octanol–water partition coefficient (Wildman–Crippen LogP) is 7.22. The first-order valence-corrected chi connectivity index (χ1v) is 13.2. The van der Waals surface area contributed by atoms with Crippen LogP contribution in [0, 0.1) is 6.92 Å². The molecule has 4 heteroatoms. The summed E-state index contributed by atoms with van der Waals surface area (Å²) in [6, 6.07) is 16.6. The van der Waals surface area contributed by atoms with Crippen molar-refractivity contribution < 1.29 is 26.2 Å². The summed E-state index contributed by atoms with van der Waals surface area (Å²) in [5.41, 5.74) is 2.62. The number of unbranched alkanes of at least 4 members (excludes halogenated alkanes) is 3. The number of hydrogen-bond donors (Lipinski definition) is 0. The number of aryl methyl sites for hydroxylation is 1. The van der Waals surface area contributed by atoms with Crippen LogP contribution in [0.1, 0.15) is 57.6 Å². The molecule has 28 heavy (non-hydrogen) atoms. The van der Waals surface area contributed by atoms with E-state index in [4.69, 9.17) is 9.16 Å². The summed E-state index contributed by atoms with van der Waals surface area (Å²) < 4.78 is 11.8. The van der Waals surface area contributed by atoms with E-state index in [0.29, 0.717) is 5.04 Å². The summed E-state index contributed by atoms with van der Waals surface area (Å²) >= 11 is 0. The molecule has 0 atom stereocenters. The summed E-state index contributed by atoms with van der Waals surface area (Å²) in [5.74, 6) is 0. The van der Waals surface area contributed by atoms with Crippen LogP contribution in [0.2, 0.25) is 18.1 Å². The second-order valence-electron chi connectivity index (χ2n) is 8.83. The maximum atomic E-state index is 6.18. The van der Waals surface area contributed by atoms with Crippen molar-refractivity contribution in [1.82, 2.24) is 0 Å². The zero-order chi connectivity index (χ0) is 20.2. The largest absolute Gasteiger partial charge is 0.748 e. The van der Waals surface area contributed by atoms with Gasteiger partial charge in [0.05, 0.1) is 0 Å². The maximum Gasteiger partial charge on any atom is 0.191 e. The molecule has 2 aromatic carbocycles. The average molecular weight is 445 g/mol. The molecule has 0 amide bonds. The van der Waals surface area contributed by atoms with Crippen molar-refractivity contribution >= 4 is 8.32 Å². The molecular weight excluding hydrogens is 404 g/mol. The topological polar surface area (TPSA) is 18.5 Å². The zero-order valence-electron chi connectivity index (χ0n) is 18.7. The van der Waals surface area contributed by atoms with E-state index in [0.717, 1.165) is 26.2 Å². The Hall–Kier alpha value is -0.644. The minimum Gasteiger partial charge on any atom is -0.748 e. The number of hydrogen-bond acceptors (Lipinski definition) is 2. The molecule has 0 aromatic heterocycles. The van der Waals surface area contributed by atoms with E-state index in [9.17, 15) is 0 Å². The van der Waals surface area contributed by atoms with Gasteiger partial charge in [-0.3, -0.25) is 0 Å². The first-order chi connectivity index (χ1) is 12.7. The monoisotopic (exact) mass is 444 g/mol. The van der Waals surface area contributed by atoms with E-state index in [1.807, 2.05) is 12.1 Å². The molecule has 0 aliphatic rings. The molecule has 0 radical (unpaired) electrons. The van der Waals surface area contributed by atoms with Crippen molar-refractivity contribution in [3.8, 4) is 0 Å². The van der Waals surface area contributed by atoms with E-state index in [1.54, 1.807) is 0 Å².